The van der Waals surface area contributed by atoms with Crippen molar-refractivity contribution < 1.29 is 9.47 Å². The van der Waals surface area contributed by atoms with E-state index in [9.17, 15) is 0 Å². The number of hydrogen-bond donors (Lipinski definition) is 1. The SMILES string of the molecule is Cc1cccc(C#N)c1OCC1CNCC(C)(C)O1. The van der Waals surface area contributed by atoms with Crippen molar-refractivity contribution in [1.29, 1.82) is 5.26 Å². The molecule has 1 aliphatic heterocycles. The van der Waals surface area contributed by atoms with E-state index in [-0.39, 0.29) is 11.7 Å². The quantitative estimate of drug-likeness (QED) is 0.903. The summed E-state index contributed by atoms with van der Waals surface area (Å²) in [4.78, 5) is 0. The van der Waals surface area contributed by atoms with E-state index in [1.807, 2.05) is 19.1 Å². The molecule has 0 saturated carbocycles. The molecule has 0 amide bonds. The summed E-state index contributed by atoms with van der Waals surface area (Å²) >= 11 is 0. The van der Waals surface area contributed by atoms with Gasteiger partial charge in [0.25, 0.3) is 0 Å². The minimum atomic E-state index is -0.171. The Morgan fingerprint density at radius 3 is 3.00 bits per heavy atom. The van der Waals surface area contributed by atoms with E-state index in [0.29, 0.717) is 17.9 Å². The molecule has 1 fully saturated rings. The van der Waals surface area contributed by atoms with Gasteiger partial charge in [-0.2, -0.15) is 5.26 Å². The number of benzene rings is 1. The zero-order valence-corrected chi connectivity index (χ0v) is 11.7. The smallest absolute Gasteiger partial charge is 0.140 e. The van der Waals surface area contributed by atoms with Crippen LogP contribution in [0.3, 0.4) is 0 Å². The second-order valence-corrected chi connectivity index (χ2v) is 5.50. The summed E-state index contributed by atoms with van der Waals surface area (Å²) in [7, 11) is 0. The first-order valence-corrected chi connectivity index (χ1v) is 6.53. The molecule has 0 spiro atoms. The van der Waals surface area contributed by atoms with Gasteiger partial charge in [-0.25, -0.2) is 0 Å². The molecule has 1 N–H and O–H groups in total. The molecule has 1 aromatic rings. The molecule has 0 bridgehead atoms. The van der Waals surface area contributed by atoms with E-state index in [4.69, 9.17) is 14.7 Å². The first kappa shape index (κ1) is 13.9. The maximum absolute atomic E-state index is 9.09. The van der Waals surface area contributed by atoms with Crippen molar-refractivity contribution in [3.05, 3.63) is 29.3 Å². The first-order valence-electron chi connectivity index (χ1n) is 6.53. The molecular formula is C15H20N2O2. The molecule has 1 atom stereocenters. The zero-order chi connectivity index (χ0) is 13.9. The average molecular weight is 260 g/mol. The van der Waals surface area contributed by atoms with Crippen molar-refractivity contribution in [1.82, 2.24) is 5.32 Å². The lowest BCUT2D eigenvalue weighted by molar-refractivity contribution is -0.107. The van der Waals surface area contributed by atoms with E-state index >= 15 is 0 Å². The number of aryl methyl sites for hydroxylation is 1. The van der Waals surface area contributed by atoms with Crippen LogP contribution < -0.4 is 10.1 Å². The lowest BCUT2D eigenvalue weighted by Gasteiger charge is -2.36. The van der Waals surface area contributed by atoms with Gasteiger partial charge in [-0.05, 0) is 32.4 Å². The number of morpholine rings is 1. The Hall–Kier alpha value is -1.57. The van der Waals surface area contributed by atoms with E-state index in [0.717, 1.165) is 18.7 Å². The van der Waals surface area contributed by atoms with Gasteiger partial charge in [-0.15, -0.1) is 0 Å². The number of hydrogen-bond acceptors (Lipinski definition) is 4. The molecule has 1 aromatic carbocycles. The van der Waals surface area contributed by atoms with Crippen molar-refractivity contribution in [3.8, 4) is 11.8 Å². The first-order chi connectivity index (χ1) is 9.02. The Bertz CT molecular complexity index is 491. The third-order valence-corrected chi connectivity index (χ3v) is 3.15. The molecule has 1 unspecified atom stereocenters. The third kappa shape index (κ3) is 3.46. The van der Waals surface area contributed by atoms with Crippen molar-refractivity contribution >= 4 is 0 Å². The highest BCUT2D eigenvalue weighted by Gasteiger charge is 2.28. The van der Waals surface area contributed by atoms with Gasteiger partial charge in [-0.3, -0.25) is 0 Å². The fourth-order valence-corrected chi connectivity index (χ4v) is 2.27. The molecule has 102 valence electrons. The van der Waals surface area contributed by atoms with Crippen LogP contribution in [0.4, 0.5) is 0 Å². The minimum absolute atomic E-state index is 0.00917. The Kier molecular flexibility index (Phi) is 4.08. The molecule has 1 saturated heterocycles. The van der Waals surface area contributed by atoms with E-state index in [2.05, 4.69) is 25.2 Å². The number of nitriles is 1. The normalized spacial score (nSPS) is 21.7. The Morgan fingerprint density at radius 2 is 2.32 bits per heavy atom. The monoisotopic (exact) mass is 260 g/mol. The number of rotatable bonds is 3. The summed E-state index contributed by atoms with van der Waals surface area (Å²) in [6.45, 7) is 8.13. The molecule has 1 heterocycles. The van der Waals surface area contributed by atoms with Crippen LogP contribution >= 0.6 is 0 Å². The maximum atomic E-state index is 9.09. The van der Waals surface area contributed by atoms with Crippen LogP contribution in [0.5, 0.6) is 5.75 Å². The van der Waals surface area contributed by atoms with Crippen LogP contribution in [0.1, 0.15) is 25.0 Å². The summed E-state index contributed by atoms with van der Waals surface area (Å²) < 4.78 is 11.7. The summed E-state index contributed by atoms with van der Waals surface area (Å²) in [6, 6.07) is 7.74. The molecule has 1 aliphatic rings. The number of ether oxygens (including phenoxy) is 2. The molecule has 4 nitrogen and oxygen atoms in total. The standard InChI is InChI=1S/C15H20N2O2/c1-11-5-4-6-12(7-16)14(11)18-9-13-8-17-10-15(2,3)19-13/h4-6,13,17H,8-10H2,1-3H3. The van der Waals surface area contributed by atoms with Gasteiger partial charge >= 0.3 is 0 Å². The Labute approximate surface area is 114 Å². The maximum Gasteiger partial charge on any atom is 0.140 e. The van der Waals surface area contributed by atoms with Crippen LogP contribution in [-0.4, -0.2) is 31.4 Å². The summed E-state index contributed by atoms with van der Waals surface area (Å²) in [5, 5.41) is 12.4. The fraction of sp³-hybridized carbons (Fsp3) is 0.533. The van der Waals surface area contributed by atoms with Crippen molar-refractivity contribution in [3.63, 3.8) is 0 Å². The number of para-hydroxylation sites is 1. The minimum Gasteiger partial charge on any atom is -0.489 e. The molecule has 0 aromatic heterocycles. The lowest BCUT2D eigenvalue weighted by Crippen LogP contribution is -2.52. The highest BCUT2D eigenvalue weighted by molar-refractivity contribution is 5.47. The van der Waals surface area contributed by atoms with Gasteiger partial charge in [-0.1, -0.05) is 12.1 Å². The van der Waals surface area contributed by atoms with E-state index in [1.165, 1.54) is 0 Å². The van der Waals surface area contributed by atoms with Crippen LogP contribution in [0, 0.1) is 18.3 Å². The van der Waals surface area contributed by atoms with Crippen molar-refractivity contribution in [2.24, 2.45) is 0 Å². The molecule has 4 heteroatoms. The Balaban J connectivity index is 2.01. The molecule has 19 heavy (non-hydrogen) atoms. The molecule has 2 rings (SSSR count). The van der Waals surface area contributed by atoms with Crippen LogP contribution in [-0.2, 0) is 4.74 Å². The van der Waals surface area contributed by atoms with Gasteiger partial charge in [0, 0.05) is 13.1 Å². The van der Waals surface area contributed by atoms with E-state index in [1.54, 1.807) is 6.07 Å². The van der Waals surface area contributed by atoms with Crippen LogP contribution in [0.25, 0.3) is 0 Å². The third-order valence-electron chi connectivity index (χ3n) is 3.15. The van der Waals surface area contributed by atoms with Gasteiger partial charge in [0.05, 0.1) is 11.2 Å². The Morgan fingerprint density at radius 1 is 1.53 bits per heavy atom. The topological polar surface area (TPSA) is 54.3 Å². The van der Waals surface area contributed by atoms with Crippen molar-refractivity contribution in [2.75, 3.05) is 19.7 Å². The van der Waals surface area contributed by atoms with Crippen LogP contribution in [0.15, 0.2) is 18.2 Å². The van der Waals surface area contributed by atoms with Gasteiger partial charge in [0.2, 0.25) is 0 Å². The molecular weight excluding hydrogens is 240 g/mol. The van der Waals surface area contributed by atoms with E-state index < -0.39 is 0 Å². The average Bonchev–Trinajstić information content (AvgIpc) is 2.36. The summed E-state index contributed by atoms with van der Waals surface area (Å²) in [5.74, 6) is 0.664. The lowest BCUT2D eigenvalue weighted by atomic mass is 10.1. The largest absolute Gasteiger partial charge is 0.489 e. The molecule has 0 radical (unpaired) electrons. The summed E-state index contributed by atoms with van der Waals surface area (Å²) in [5.41, 5.74) is 1.38. The van der Waals surface area contributed by atoms with Gasteiger partial charge in [0.1, 0.15) is 24.5 Å². The summed E-state index contributed by atoms with van der Waals surface area (Å²) in [6.07, 6.45) is 0.00917. The van der Waals surface area contributed by atoms with Gasteiger partial charge < -0.3 is 14.8 Å². The highest BCUT2D eigenvalue weighted by Crippen LogP contribution is 2.23. The second kappa shape index (κ2) is 5.60. The van der Waals surface area contributed by atoms with Crippen molar-refractivity contribution in [2.45, 2.75) is 32.5 Å². The molecule has 0 aliphatic carbocycles. The number of nitrogens with zero attached hydrogens (tertiary/aromatic N) is 1. The van der Waals surface area contributed by atoms with Gasteiger partial charge in [0.15, 0.2) is 0 Å². The second-order valence-electron chi connectivity index (χ2n) is 5.50. The zero-order valence-electron chi connectivity index (χ0n) is 11.7. The van der Waals surface area contributed by atoms with Crippen LogP contribution in [0.2, 0.25) is 0 Å². The fourth-order valence-electron chi connectivity index (χ4n) is 2.27. The predicted octanol–water partition coefficient (Wildman–Crippen LogP) is 2.01. The number of nitrogens with one attached hydrogen (secondary N) is 1. The highest BCUT2D eigenvalue weighted by atomic mass is 16.5. The predicted molar refractivity (Wildman–Crippen MR) is 73.2 cm³/mol.